The van der Waals surface area contributed by atoms with Crippen LogP contribution in [0.5, 0.6) is 0 Å². The highest BCUT2D eigenvalue weighted by Crippen LogP contribution is 2.18. The monoisotopic (exact) mass is 283 g/mol. The lowest BCUT2D eigenvalue weighted by atomic mass is 10.1. The van der Waals surface area contributed by atoms with Gasteiger partial charge in [-0.2, -0.15) is 0 Å². The van der Waals surface area contributed by atoms with Crippen molar-refractivity contribution in [3.05, 3.63) is 35.4 Å². The van der Waals surface area contributed by atoms with Gasteiger partial charge in [-0.1, -0.05) is 6.07 Å². The van der Waals surface area contributed by atoms with Gasteiger partial charge in [0.15, 0.2) is 0 Å². The molecule has 3 nitrogen and oxygen atoms in total. The molecule has 0 bridgehead atoms. The highest BCUT2D eigenvalue weighted by Gasteiger charge is 2.21. The Morgan fingerprint density at radius 2 is 1.80 bits per heavy atom. The van der Waals surface area contributed by atoms with Gasteiger partial charge in [-0.3, -0.25) is 9.80 Å². The zero-order valence-corrected chi connectivity index (χ0v) is 12.1. The fraction of sp³-hybridized carbons (Fsp3) is 0.600. The Morgan fingerprint density at radius 1 is 1.15 bits per heavy atom. The number of nitrogens with zero attached hydrogens (tertiary/aromatic N) is 2. The summed E-state index contributed by atoms with van der Waals surface area (Å²) in [6.45, 7) is 8.88. The third kappa shape index (κ3) is 3.75. The van der Waals surface area contributed by atoms with Gasteiger partial charge in [0.05, 0.1) is 0 Å². The second kappa shape index (κ2) is 6.61. The second-order valence-corrected chi connectivity index (χ2v) is 5.70. The van der Waals surface area contributed by atoms with Crippen molar-refractivity contribution in [2.75, 3.05) is 32.7 Å². The molecule has 2 rings (SSSR count). The van der Waals surface area contributed by atoms with Crippen molar-refractivity contribution in [3.63, 3.8) is 0 Å². The molecule has 0 amide bonds. The molecule has 1 fully saturated rings. The normalized spacial score (nSPS) is 19.5. The Hall–Kier alpha value is -1.04. The van der Waals surface area contributed by atoms with E-state index in [-0.39, 0.29) is 0 Å². The van der Waals surface area contributed by atoms with Gasteiger partial charge in [-0.05, 0) is 19.9 Å². The highest BCUT2D eigenvalue weighted by atomic mass is 19.1. The Kier molecular flexibility index (Phi) is 5.07. The molecule has 1 aliphatic heterocycles. The first-order chi connectivity index (χ1) is 9.47. The number of hydrogen-bond acceptors (Lipinski definition) is 3. The fourth-order valence-electron chi connectivity index (χ4n) is 2.64. The lowest BCUT2D eigenvalue weighted by Gasteiger charge is -2.37. The first-order valence-corrected chi connectivity index (χ1v) is 7.14. The van der Waals surface area contributed by atoms with Gasteiger partial charge < -0.3 is 5.73 Å². The zero-order valence-electron chi connectivity index (χ0n) is 12.1. The molecule has 0 aromatic heterocycles. The predicted octanol–water partition coefficient (Wildman–Crippen LogP) is 1.99. The first-order valence-electron chi connectivity index (χ1n) is 7.14. The van der Waals surface area contributed by atoms with Crippen molar-refractivity contribution in [3.8, 4) is 0 Å². The SMILES string of the molecule is CC(C)N1CCN(CC(N)c2ccc(F)cc2F)CC1. The molecule has 0 saturated carbocycles. The zero-order chi connectivity index (χ0) is 14.7. The molecule has 0 aliphatic carbocycles. The van der Waals surface area contributed by atoms with Gasteiger partial charge in [-0.25, -0.2) is 8.78 Å². The van der Waals surface area contributed by atoms with Crippen molar-refractivity contribution in [1.82, 2.24) is 9.80 Å². The average molecular weight is 283 g/mol. The predicted molar refractivity (Wildman–Crippen MR) is 76.4 cm³/mol. The van der Waals surface area contributed by atoms with E-state index >= 15 is 0 Å². The molecule has 2 N–H and O–H groups in total. The number of hydrogen-bond donors (Lipinski definition) is 1. The van der Waals surface area contributed by atoms with E-state index in [1.165, 1.54) is 12.1 Å². The number of benzene rings is 1. The van der Waals surface area contributed by atoms with Crippen molar-refractivity contribution >= 4 is 0 Å². The average Bonchev–Trinajstić information content (AvgIpc) is 2.39. The fourth-order valence-corrected chi connectivity index (χ4v) is 2.64. The standard InChI is InChI=1S/C15H23F2N3/c1-11(2)20-7-5-19(6-8-20)10-15(18)13-4-3-12(16)9-14(13)17/h3-4,9,11,15H,5-8,10,18H2,1-2H3. The Balaban J connectivity index is 1.90. The van der Waals surface area contributed by atoms with Crippen LogP contribution in [-0.2, 0) is 0 Å². The number of piperazine rings is 1. The minimum absolute atomic E-state index is 0.387. The number of halogens is 2. The number of rotatable bonds is 4. The summed E-state index contributed by atoms with van der Waals surface area (Å²) in [5, 5.41) is 0. The van der Waals surface area contributed by atoms with Crippen LogP contribution < -0.4 is 5.73 Å². The molecule has 20 heavy (non-hydrogen) atoms. The molecule has 1 unspecified atom stereocenters. The maximum Gasteiger partial charge on any atom is 0.130 e. The van der Waals surface area contributed by atoms with Crippen LogP contribution in [0.2, 0.25) is 0 Å². The van der Waals surface area contributed by atoms with Crippen LogP contribution in [-0.4, -0.2) is 48.6 Å². The van der Waals surface area contributed by atoms with E-state index < -0.39 is 17.7 Å². The van der Waals surface area contributed by atoms with E-state index in [4.69, 9.17) is 5.73 Å². The second-order valence-electron chi connectivity index (χ2n) is 5.70. The molecule has 1 aromatic carbocycles. The molecule has 112 valence electrons. The maximum absolute atomic E-state index is 13.7. The molecule has 0 radical (unpaired) electrons. The molecule has 5 heteroatoms. The van der Waals surface area contributed by atoms with Gasteiger partial charge in [0.2, 0.25) is 0 Å². The summed E-state index contributed by atoms with van der Waals surface area (Å²) < 4.78 is 26.6. The van der Waals surface area contributed by atoms with E-state index in [1.54, 1.807) is 0 Å². The molecule has 1 heterocycles. The van der Waals surface area contributed by atoms with Gasteiger partial charge in [0.1, 0.15) is 11.6 Å². The van der Waals surface area contributed by atoms with Gasteiger partial charge in [0.25, 0.3) is 0 Å². The highest BCUT2D eigenvalue weighted by molar-refractivity contribution is 5.22. The Morgan fingerprint density at radius 3 is 2.35 bits per heavy atom. The minimum atomic E-state index is -0.566. The lowest BCUT2D eigenvalue weighted by Crippen LogP contribution is -2.50. The third-order valence-electron chi connectivity index (χ3n) is 3.95. The van der Waals surface area contributed by atoms with Crippen molar-refractivity contribution in [2.24, 2.45) is 5.73 Å². The van der Waals surface area contributed by atoms with Crippen molar-refractivity contribution < 1.29 is 8.78 Å². The van der Waals surface area contributed by atoms with E-state index in [0.717, 1.165) is 32.2 Å². The topological polar surface area (TPSA) is 32.5 Å². The molecular weight excluding hydrogens is 260 g/mol. The van der Waals surface area contributed by atoms with E-state index in [0.29, 0.717) is 18.2 Å². The molecule has 1 saturated heterocycles. The van der Waals surface area contributed by atoms with E-state index in [1.807, 2.05) is 0 Å². The van der Waals surface area contributed by atoms with Crippen LogP contribution >= 0.6 is 0 Å². The van der Waals surface area contributed by atoms with Crippen LogP contribution in [0.15, 0.2) is 18.2 Å². The Labute approximate surface area is 119 Å². The van der Waals surface area contributed by atoms with E-state index in [9.17, 15) is 8.78 Å². The first kappa shape index (κ1) is 15.4. The molecule has 1 aromatic rings. The van der Waals surface area contributed by atoms with Gasteiger partial charge >= 0.3 is 0 Å². The molecule has 1 aliphatic rings. The lowest BCUT2D eigenvalue weighted by molar-refractivity contribution is 0.104. The van der Waals surface area contributed by atoms with Crippen LogP contribution in [0.1, 0.15) is 25.5 Å². The Bertz CT molecular complexity index is 443. The minimum Gasteiger partial charge on any atom is -0.323 e. The summed E-state index contributed by atoms with van der Waals surface area (Å²) >= 11 is 0. The quantitative estimate of drug-likeness (QED) is 0.917. The van der Waals surface area contributed by atoms with Crippen LogP contribution in [0, 0.1) is 11.6 Å². The van der Waals surface area contributed by atoms with Gasteiger partial charge in [0, 0.05) is 56.4 Å². The summed E-state index contributed by atoms with van der Waals surface area (Å²) in [6.07, 6.45) is 0. The molecule has 1 atom stereocenters. The van der Waals surface area contributed by atoms with Crippen molar-refractivity contribution in [1.29, 1.82) is 0 Å². The van der Waals surface area contributed by atoms with E-state index in [2.05, 4.69) is 23.6 Å². The third-order valence-corrected chi connectivity index (χ3v) is 3.95. The van der Waals surface area contributed by atoms with Crippen LogP contribution in [0.4, 0.5) is 8.78 Å². The summed E-state index contributed by atoms with van der Waals surface area (Å²) in [5.41, 5.74) is 6.44. The van der Waals surface area contributed by atoms with Crippen molar-refractivity contribution in [2.45, 2.75) is 25.9 Å². The summed E-state index contributed by atoms with van der Waals surface area (Å²) in [4.78, 5) is 4.66. The molecular formula is C15H23F2N3. The van der Waals surface area contributed by atoms with Gasteiger partial charge in [-0.15, -0.1) is 0 Å². The summed E-state index contributed by atoms with van der Waals surface area (Å²) in [7, 11) is 0. The number of nitrogens with two attached hydrogens (primary N) is 1. The molecule has 0 spiro atoms. The largest absolute Gasteiger partial charge is 0.323 e. The maximum atomic E-state index is 13.7. The van der Waals surface area contributed by atoms with Crippen LogP contribution in [0.3, 0.4) is 0 Å². The summed E-state index contributed by atoms with van der Waals surface area (Å²) in [5.74, 6) is -1.12. The summed E-state index contributed by atoms with van der Waals surface area (Å²) in [6, 6.07) is 3.74. The smallest absolute Gasteiger partial charge is 0.130 e. The van der Waals surface area contributed by atoms with Crippen LogP contribution in [0.25, 0.3) is 0 Å².